The van der Waals surface area contributed by atoms with Gasteiger partial charge in [0, 0.05) is 24.8 Å². The molecule has 0 fully saturated rings. The number of allylic oxidation sites excluding steroid dienone is 4. The van der Waals surface area contributed by atoms with E-state index in [9.17, 15) is 29.4 Å². The maximum Gasteiger partial charge on any atom is 2.00 e. The molecular weight excluding hydrogens is 1130 g/mol. The molecule has 0 aromatic heterocycles. The number of carboxylic acids is 2. The van der Waals surface area contributed by atoms with Crippen molar-refractivity contribution in [3.63, 3.8) is 0 Å². The largest absolute Gasteiger partial charge is 2.00 e. The third kappa shape index (κ3) is 79.0. The Kier molecular flexibility index (Phi) is 83.4. The van der Waals surface area contributed by atoms with E-state index in [1.165, 1.54) is 334 Å². The summed E-state index contributed by atoms with van der Waals surface area (Å²) < 4.78 is 10.9. The molecule has 0 heterocycles. The van der Waals surface area contributed by atoms with Gasteiger partial charge in [0.1, 0.15) is 0 Å². The number of hydrogen-bond donors (Lipinski definition) is 0. The molecule has 0 aromatic carbocycles. The first-order chi connectivity index (χ1) is 43.2. The number of ether oxygens (including phenoxy) is 2. The molecule has 0 spiro atoms. The van der Waals surface area contributed by atoms with Crippen molar-refractivity contribution in [1.29, 1.82) is 0 Å². The van der Waals surface area contributed by atoms with Crippen LogP contribution in [-0.4, -0.2) is 74.8 Å². The molecule has 8 nitrogen and oxygen atoms in total. The number of rotatable bonds is 72. The third-order valence-electron chi connectivity index (χ3n) is 18.1. The number of aliphatic carboxylic acids is 2. The molecule has 0 radical (unpaired) electrons. The maximum atomic E-state index is 12.5. The van der Waals surface area contributed by atoms with Gasteiger partial charge in [-0.25, -0.2) is 0 Å². The second-order valence-electron chi connectivity index (χ2n) is 27.0. The molecule has 0 bridgehead atoms. The first kappa shape index (κ1) is 91.8. The summed E-state index contributed by atoms with van der Waals surface area (Å²) in [5.74, 6) is -4.41. The Morgan fingerprint density at radius 2 is 0.427 bits per heavy atom. The number of unbranched alkanes of at least 4 members (excludes halogenated alkanes) is 56. The van der Waals surface area contributed by atoms with Gasteiger partial charge >= 0.3 is 49.7 Å². The number of esters is 2. The van der Waals surface area contributed by atoms with Crippen LogP contribution in [0.1, 0.15) is 439 Å². The molecular formula is C80H150CaO8. The van der Waals surface area contributed by atoms with Gasteiger partial charge in [-0.2, -0.15) is 0 Å². The van der Waals surface area contributed by atoms with Gasteiger partial charge in [0.05, 0.1) is 25.0 Å². The molecule has 0 rings (SSSR count). The molecule has 0 N–H and O–H groups in total. The van der Waals surface area contributed by atoms with Gasteiger partial charge in [0.2, 0.25) is 0 Å². The predicted molar refractivity (Wildman–Crippen MR) is 381 cm³/mol. The molecule has 0 saturated heterocycles. The molecule has 2 atom stereocenters. The smallest absolute Gasteiger partial charge is 0.550 e. The average Bonchev–Trinajstić information content (AvgIpc) is 3.57. The van der Waals surface area contributed by atoms with E-state index in [-0.39, 0.29) is 62.5 Å². The van der Waals surface area contributed by atoms with Crippen LogP contribution in [0, 0.1) is 11.8 Å². The van der Waals surface area contributed by atoms with E-state index in [1.54, 1.807) is 0 Å². The summed E-state index contributed by atoms with van der Waals surface area (Å²) in [5, 5.41) is 22.4. The second-order valence-corrected chi connectivity index (χ2v) is 27.0. The van der Waals surface area contributed by atoms with Gasteiger partial charge < -0.3 is 29.3 Å². The summed E-state index contributed by atoms with van der Waals surface area (Å²) in [6.45, 7) is 9.88. The maximum absolute atomic E-state index is 12.5. The zero-order valence-corrected chi connectivity index (χ0v) is 62.3. The van der Waals surface area contributed by atoms with Crippen molar-refractivity contribution in [2.75, 3.05) is 13.2 Å². The fourth-order valence-electron chi connectivity index (χ4n) is 12.1. The molecule has 0 aromatic rings. The number of carboxylic acid groups (broad SMARTS) is 2. The molecule has 0 saturated carbocycles. The zero-order chi connectivity index (χ0) is 64.4. The number of carbonyl (C=O) groups is 4. The first-order valence-electron chi connectivity index (χ1n) is 39.3. The van der Waals surface area contributed by atoms with Crippen molar-refractivity contribution in [3.8, 4) is 0 Å². The predicted octanol–water partition coefficient (Wildman–Crippen LogP) is 23.6. The molecule has 89 heavy (non-hydrogen) atoms. The first-order valence-corrected chi connectivity index (χ1v) is 39.3. The van der Waals surface area contributed by atoms with Crippen molar-refractivity contribution >= 4 is 61.6 Å². The standard InChI is InChI=1S/2C40H76O4.Ca/c2*1-3-5-7-9-11-13-15-17-19-21-23-25-27-29-31-33-35-38(37-39(41)42)40(43)44-36-34-32-30-28-26-24-22-20-18-16-14-12-10-8-6-4-2;/h2*31,33,38H,3-30,32,34-37H2,1-2H3,(H,41,42);/q;;+2/p-2. The van der Waals surface area contributed by atoms with Crippen LogP contribution in [0.2, 0.25) is 0 Å². The Morgan fingerprint density at radius 1 is 0.258 bits per heavy atom. The summed E-state index contributed by atoms with van der Waals surface area (Å²) in [4.78, 5) is 47.3. The quantitative estimate of drug-likeness (QED) is 0.0254. The van der Waals surface area contributed by atoms with E-state index in [2.05, 4.69) is 39.8 Å². The van der Waals surface area contributed by atoms with Crippen LogP contribution in [0.4, 0.5) is 0 Å². The minimum Gasteiger partial charge on any atom is -0.550 e. The Bertz CT molecular complexity index is 1370. The van der Waals surface area contributed by atoms with Crippen LogP contribution in [0.25, 0.3) is 0 Å². The number of hydrogen-bond acceptors (Lipinski definition) is 8. The van der Waals surface area contributed by atoms with E-state index in [0.29, 0.717) is 26.1 Å². The molecule has 0 aliphatic carbocycles. The van der Waals surface area contributed by atoms with Crippen LogP contribution < -0.4 is 10.2 Å². The molecule has 0 amide bonds. The minimum atomic E-state index is -1.18. The average molecular weight is 1280 g/mol. The van der Waals surface area contributed by atoms with Crippen LogP contribution in [0.5, 0.6) is 0 Å². The third-order valence-corrected chi connectivity index (χ3v) is 18.1. The van der Waals surface area contributed by atoms with Crippen molar-refractivity contribution < 1.29 is 38.9 Å². The monoisotopic (exact) mass is 1280 g/mol. The molecule has 0 aliphatic rings. The number of carbonyl (C=O) groups excluding carboxylic acids is 4. The van der Waals surface area contributed by atoms with E-state index in [0.717, 1.165) is 51.4 Å². The van der Waals surface area contributed by atoms with Gasteiger partial charge in [-0.3, -0.25) is 9.59 Å². The van der Waals surface area contributed by atoms with Crippen molar-refractivity contribution in [1.82, 2.24) is 0 Å². The van der Waals surface area contributed by atoms with E-state index in [1.807, 2.05) is 12.2 Å². The fraction of sp³-hybridized carbons (Fsp3) is 0.900. The summed E-state index contributed by atoms with van der Waals surface area (Å²) in [7, 11) is 0. The van der Waals surface area contributed by atoms with E-state index in [4.69, 9.17) is 9.47 Å². The van der Waals surface area contributed by atoms with Gasteiger partial charge in [-0.1, -0.05) is 399 Å². The summed E-state index contributed by atoms with van der Waals surface area (Å²) >= 11 is 0. The van der Waals surface area contributed by atoms with Crippen LogP contribution in [0.3, 0.4) is 0 Å². The molecule has 520 valence electrons. The molecule has 2 unspecified atom stereocenters. The molecule has 0 aliphatic heterocycles. The van der Waals surface area contributed by atoms with Crippen LogP contribution >= 0.6 is 0 Å². The summed E-state index contributed by atoms with van der Waals surface area (Å²) in [6.07, 6.45) is 87.3. The normalized spacial score (nSPS) is 12.1. The fourth-order valence-corrected chi connectivity index (χ4v) is 12.1. The van der Waals surface area contributed by atoms with Crippen LogP contribution in [-0.2, 0) is 28.7 Å². The van der Waals surface area contributed by atoms with Gasteiger partial charge in [-0.05, 0) is 51.4 Å². The van der Waals surface area contributed by atoms with Crippen molar-refractivity contribution in [3.05, 3.63) is 24.3 Å². The van der Waals surface area contributed by atoms with Gasteiger partial charge in [0.15, 0.2) is 0 Å². The SMILES string of the molecule is CCCCCCCCCCCCCCCC=CCC(CC(=O)[O-])C(=O)OCCCCCCCCCCCCCCCCCC.CCCCCCCCCCCCCCCC=CCC(CC(=O)[O-])C(=O)OCCCCCCCCCCCCCCCCCC.[Ca+2]. The summed E-state index contributed by atoms with van der Waals surface area (Å²) in [5.41, 5.74) is 0. The van der Waals surface area contributed by atoms with Gasteiger partial charge in [-0.15, -0.1) is 0 Å². The minimum absolute atomic E-state index is 0. The van der Waals surface area contributed by atoms with Crippen LogP contribution in [0.15, 0.2) is 24.3 Å². The topological polar surface area (TPSA) is 133 Å². The zero-order valence-electron chi connectivity index (χ0n) is 60.1. The second kappa shape index (κ2) is 80.9. The Morgan fingerprint density at radius 3 is 0.607 bits per heavy atom. The Balaban J connectivity index is -0.00000164. The van der Waals surface area contributed by atoms with Crippen molar-refractivity contribution in [2.24, 2.45) is 11.8 Å². The summed E-state index contributed by atoms with van der Waals surface area (Å²) in [6, 6.07) is 0. The van der Waals surface area contributed by atoms with E-state index < -0.39 is 23.8 Å². The van der Waals surface area contributed by atoms with Crippen molar-refractivity contribution in [2.45, 2.75) is 439 Å². The van der Waals surface area contributed by atoms with Gasteiger partial charge in [0.25, 0.3) is 0 Å². The Labute approximate surface area is 584 Å². The van der Waals surface area contributed by atoms with E-state index >= 15 is 0 Å². The molecule has 9 heteroatoms. The Hall–Kier alpha value is -1.38.